The fourth-order valence-electron chi connectivity index (χ4n) is 6.09. The first kappa shape index (κ1) is 29.4. The summed E-state index contributed by atoms with van der Waals surface area (Å²) >= 11 is 1.66. The van der Waals surface area contributed by atoms with Crippen LogP contribution in [0.15, 0.2) is 97.1 Å². The SMILES string of the molecule is CSN1Cc2cc(OCc3cccc(Oc4ccccc4)c3)ccc2-c2c(C)c(-c3ccc(C)cc3)c(CC(=O)O)c(C)c21. The molecule has 0 bridgehead atoms. The van der Waals surface area contributed by atoms with E-state index in [0.29, 0.717) is 13.2 Å². The number of para-hydroxylation sites is 1. The number of aryl methyl sites for hydroxylation is 1. The number of fused-ring (bicyclic) bond motifs is 3. The predicted molar refractivity (Wildman–Crippen MR) is 180 cm³/mol. The lowest BCUT2D eigenvalue weighted by atomic mass is 9.81. The highest BCUT2D eigenvalue weighted by Gasteiger charge is 2.30. The van der Waals surface area contributed by atoms with E-state index in [2.05, 4.69) is 67.7 Å². The van der Waals surface area contributed by atoms with Gasteiger partial charge in [-0.2, -0.15) is 0 Å². The number of nitrogens with zero attached hydrogens (tertiary/aromatic N) is 1. The second-order valence-corrected chi connectivity index (χ2v) is 12.0. The zero-order valence-corrected chi connectivity index (χ0v) is 26.2. The molecule has 5 aromatic carbocycles. The van der Waals surface area contributed by atoms with Crippen LogP contribution in [0.1, 0.15) is 33.4 Å². The first-order valence-electron chi connectivity index (χ1n) is 14.7. The van der Waals surface area contributed by atoms with Gasteiger partial charge < -0.3 is 18.9 Å². The zero-order valence-electron chi connectivity index (χ0n) is 25.4. The van der Waals surface area contributed by atoms with Crippen LogP contribution in [-0.4, -0.2) is 17.3 Å². The van der Waals surface area contributed by atoms with Crippen molar-refractivity contribution in [3.05, 3.63) is 130 Å². The second-order valence-electron chi connectivity index (χ2n) is 11.2. The maximum absolute atomic E-state index is 12.1. The maximum atomic E-state index is 12.1. The quantitative estimate of drug-likeness (QED) is 0.170. The van der Waals surface area contributed by atoms with Crippen LogP contribution in [0.4, 0.5) is 5.69 Å². The average molecular weight is 602 g/mol. The topological polar surface area (TPSA) is 59.0 Å². The highest BCUT2D eigenvalue weighted by Crippen LogP contribution is 2.50. The number of carbonyl (C=O) groups is 1. The van der Waals surface area contributed by atoms with Crippen LogP contribution in [-0.2, 0) is 24.4 Å². The minimum absolute atomic E-state index is 0.0252. The third-order valence-corrected chi connectivity index (χ3v) is 8.93. The summed E-state index contributed by atoms with van der Waals surface area (Å²) in [5.74, 6) is 1.54. The van der Waals surface area contributed by atoms with Crippen molar-refractivity contribution in [2.45, 2.75) is 40.3 Å². The van der Waals surface area contributed by atoms with Gasteiger partial charge in [-0.25, -0.2) is 0 Å². The van der Waals surface area contributed by atoms with Crippen molar-refractivity contribution in [1.82, 2.24) is 0 Å². The lowest BCUT2D eigenvalue weighted by molar-refractivity contribution is -0.136. The first-order chi connectivity index (χ1) is 21.3. The van der Waals surface area contributed by atoms with Gasteiger partial charge >= 0.3 is 5.97 Å². The summed E-state index contributed by atoms with van der Waals surface area (Å²) in [4.78, 5) is 12.1. The number of hydrogen-bond donors (Lipinski definition) is 1. The van der Waals surface area contributed by atoms with Gasteiger partial charge in [0.1, 0.15) is 23.9 Å². The van der Waals surface area contributed by atoms with Crippen molar-refractivity contribution in [3.8, 4) is 39.5 Å². The molecule has 0 saturated carbocycles. The summed E-state index contributed by atoms with van der Waals surface area (Å²) in [5, 5.41) is 9.89. The number of anilines is 1. The summed E-state index contributed by atoms with van der Waals surface area (Å²) in [6, 6.07) is 32.4. The molecule has 0 atom stereocenters. The Hall–Kier alpha value is -4.68. The first-order valence-corrected chi connectivity index (χ1v) is 15.8. The van der Waals surface area contributed by atoms with Gasteiger partial charge in [-0.15, -0.1) is 0 Å². The van der Waals surface area contributed by atoms with E-state index in [4.69, 9.17) is 9.47 Å². The minimum Gasteiger partial charge on any atom is -0.489 e. The summed E-state index contributed by atoms with van der Waals surface area (Å²) in [5.41, 5.74) is 11.8. The molecule has 0 fully saturated rings. The van der Waals surface area contributed by atoms with Gasteiger partial charge in [0.05, 0.1) is 18.7 Å². The average Bonchev–Trinajstić information content (AvgIpc) is 3.02. The fraction of sp³-hybridized carbons (Fsp3) is 0.184. The summed E-state index contributed by atoms with van der Waals surface area (Å²) in [6.45, 7) is 7.37. The smallest absolute Gasteiger partial charge is 0.307 e. The summed E-state index contributed by atoms with van der Waals surface area (Å²) in [7, 11) is 0. The van der Waals surface area contributed by atoms with Gasteiger partial charge in [-0.1, -0.05) is 78.2 Å². The van der Waals surface area contributed by atoms with Crippen LogP contribution in [0.5, 0.6) is 17.2 Å². The van der Waals surface area contributed by atoms with Gasteiger partial charge in [0, 0.05) is 11.8 Å². The van der Waals surface area contributed by atoms with Gasteiger partial charge in [0.2, 0.25) is 0 Å². The van der Waals surface area contributed by atoms with Crippen LogP contribution in [0.3, 0.4) is 0 Å². The van der Waals surface area contributed by atoms with Crippen LogP contribution in [0, 0.1) is 20.8 Å². The normalized spacial score (nSPS) is 12.0. The van der Waals surface area contributed by atoms with Crippen LogP contribution in [0.2, 0.25) is 0 Å². The molecule has 1 aliphatic rings. The van der Waals surface area contributed by atoms with Crippen molar-refractivity contribution in [3.63, 3.8) is 0 Å². The summed E-state index contributed by atoms with van der Waals surface area (Å²) < 4.78 is 14.6. The Kier molecular flexibility index (Phi) is 8.36. The predicted octanol–water partition coefficient (Wildman–Crippen LogP) is 9.54. The maximum Gasteiger partial charge on any atom is 0.307 e. The molecule has 0 unspecified atom stereocenters. The molecule has 0 spiro atoms. The van der Waals surface area contributed by atoms with E-state index in [1.807, 2.05) is 60.7 Å². The van der Waals surface area contributed by atoms with Crippen LogP contribution < -0.4 is 13.8 Å². The van der Waals surface area contributed by atoms with Crippen LogP contribution >= 0.6 is 11.9 Å². The molecule has 1 heterocycles. The third kappa shape index (κ3) is 5.90. The largest absolute Gasteiger partial charge is 0.489 e. The van der Waals surface area contributed by atoms with E-state index < -0.39 is 5.97 Å². The van der Waals surface area contributed by atoms with Crippen molar-refractivity contribution < 1.29 is 19.4 Å². The molecule has 44 heavy (non-hydrogen) atoms. The van der Waals surface area contributed by atoms with E-state index in [0.717, 1.165) is 67.4 Å². The Morgan fingerprint density at radius 1 is 0.818 bits per heavy atom. The van der Waals surface area contributed by atoms with E-state index >= 15 is 0 Å². The van der Waals surface area contributed by atoms with E-state index in [9.17, 15) is 9.90 Å². The number of carboxylic acids is 1. The molecule has 6 heteroatoms. The molecule has 6 rings (SSSR count). The van der Waals surface area contributed by atoms with Gasteiger partial charge in [-0.05, 0) is 102 Å². The Morgan fingerprint density at radius 3 is 2.30 bits per heavy atom. The second kappa shape index (κ2) is 12.5. The van der Waals surface area contributed by atoms with Crippen molar-refractivity contribution >= 4 is 23.6 Å². The van der Waals surface area contributed by atoms with Gasteiger partial charge in [-0.3, -0.25) is 4.79 Å². The molecule has 0 aliphatic carbocycles. The molecular formula is C38H35NO4S. The van der Waals surface area contributed by atoms with E-state index in [-0.39, 0.29) is 6.42 Å². The van der Waals surface area contributed by atoms with Crippen molar-refractivity contribution in [1.29, 1.82) is 0 Å². The molecule has 1 aliphatic heterocycles. The number of carboxylic acid groups (broad SMARTS) is 1. The molecule has 5 nitrogen and oxygen atoms in total. The highest BCUT2D eigenvalue weighted by molar-refractivity contribution is 7.99. The lowest BCUT2D eigenvalue weighted by Gasteiger charge is -2.36. The molecule has 1 N–H and O–H groups in total. The van der Waals surface area contributed by atoms with E-state index in [1.165, 1.54) is 11.1 Å². The lowest BCUT2D eigenvalue weighted by Crippen LogP contribution is -2.22. The Balaban J connectivity index is 1.35. The number of benzene rings is 5. The van der Waals surface area contributed by atoms with Gasteiger partial charge in [0.25, 0.3) is 0 Å². The molecule has 0 aromatic heterocycles. The Morgan fingerprint density at radius 2 is 1.57 bits per heavy atom. The van der Waals surface area contributed by atoms with Crippen molar-refractivity contribution in [2.24, 2.45) is 0 Å². The Bertz CT molecular complexity index is 1830. The standard InChI is InChI=1S/C38H35NO4S/c1-24-13-15-28(16-14-24)36-26(3)37-33-18-17-31(20-29(33)22-39(44-4)38(37)25(2)34(36)21-35(40)41)42-23-27-9-8-12-32(19-27)43-30-10-6-5-7-11-30/h5-20H,21-23H2,1-4H3,(H,40,41). The molecule has 222 valence electrons. The molecular weight excluding hydrogens is 566 g/mol. The summed E-state index contributed by atoms with van der Waals surface area (Å²) in [6.07, 6.45) is 2.04. The van der Waals surface area contributed by atoms with Crippen molar-refractivity contribution in [2.75, 3.05) is 10.6 Å². The molecule has 0 saturated heterocycles. The number of hydrogen-bond acceptors (Lipinski definition) is 5. The Labute approximate surface area is 263 Å². The van der Waals surface area contributed by atoms with E-state index in [1.54, 1.807) is 11.9 Å². The monoisotopic (exact) mass is 601 g/mol. The molecule has 0 amide bonds. The highest BCUT2D eigenvalue weighted by atomic mass is 32.2. The number of ether oxygens (including phenoxy) is 2. The number of rotatable bonds is 9. The zero-order chi connectivity index (χ0) is 30.8. The molecule has 5 aromatic rings. The minimum atomic E-state index is -0.827. The van der Waals surface area contributed by atoms with Crippen LogP contribution in [0.25, 0.3) is 22.3 Å². The third-order valence-electron chi connectivity index (χ3n) is 8.18. The molecule has 0 radical (unpaired) electrons. The fourth-order valence-corrected chi connectivity index (χ4v) is 6.76. The van der Waals surface area contributed by atoms with Gasteiger partial charge in [0.15, 0.2) is 0 Å². The number of aliphatic carboxylic acids is 1.